The molecule has 1 atom stereocenters. The molecule has 3 heteroatoms. The quantitative estimate of drug-likeness (QED) is 0.747. The van der Waals surface area contributed by atoms with Crippen LogP contribution in [0.25, 0.3) is 0 Å². The molecule has 21 heavy (non-hydrogen) atoms. The minimum Gasteiger partial charge on any atom is -0.497 e. The predicted molar refractivity (Wildman–Crippen MR) is 88.6 cm³/mol. The maximum absolute atomic E-state index is 5.67. The third-order valence-electron chi connectivity index (χ3n) is 3.87. The average molecular weight is 347 g/mol. The molecular formula is C18H19BrO2. The molecular weight excluding hydrogens is 328 g/mol. The molecule has 0 amide bonds. The molecule has 0 N–H and O–H groups in total. The van der Waals surface area contributed by atoms with Gasteiger partial charge in [-0.05, 0) is 54.2 Å². The molecule has 2 aromatic carbocycles. The van der Waals surface area contributed by atoms with Crippen LogP contribution in [0.3, 0.4) is 0 Å². The lowest BCUT2D eigenvalue weighted by Crippen LogP contribution is -2.09. The molecule has 3 rings (SSSR count). The molecule has 1 aliphatic rings. The Kier molecular flexibility index (Phi) is 4.49. The second kappa shape index (κ2) is 6.52. The standard InChI is InChI=1S/C18H19BrO2/c1-20-16-7-4-13(5-8-16)11-17(19)14-6-9-18-15(12-14)3-2-10-21-18/h4-9,12,17H,2-3,10-11H2,1H3. The Hall–Kier alpha value is -1.48. The van der Waals surface area contributed by atoms with E-state index in [0.29, 0.717) is 4.83 Å². The number of aryl methyl sites for hydroxylation is 1. The van der Waals surface area contributed by atoms with Gasteiger partial charge in [-0.3, -0.25) is 0 Å². The monoisotopic (exact) mass is 346 g/mol. The molecule has 2 nitrogen and oxygen atoms in total. The van der Waals surface area contributed by atoms with Gasteiger partial charge in [-0.2, -0.15) is 0 Å². The largest absolute Gasteiger partial charge is 0.497 e. The fourth-order valence-corrected chi connectivity index (χ4v) is 3.32. The van der Waals surface area contributed by atoms with E-state index in [9.17, 15) is 0 Å². The van der Waals surface area contributed by atoms with Crippen molar-refractivity contribution in [3.63, 3.8) is 0 Å². The Balaban J connectivity index is 1.73. The molecule has 0 saturated carbocycles. The second-order valence-electron chi connectivity index (χ2n) is 5.34. The van der Waals surface area contributed by atoms with Crippen molar-refractivity contribution in [2.75, 3.05) is 13.7 Å². The summed E-state index contributed by atoms with van der Waals surface area (Å²) < 4.78 is 10.9. The summed E-state index contributed by atoms with van der Waals surface area (Å²) in [7, 11) is 1.69. The van der Waals surface area contributed by atoms with Gasteiger partial charge in [0, 0.05) is 4.83 Å². The minimum atomic E-state index is 0.318. The third-order valence-corrected chi connectivity index (χ3v) is 4.72. The smallest absolute Gasteiger partial charge is 0.122 e. The van der Waals surface area contributed by atoms with Gasteiger partial charge in [0.15, 0.2) is 0 Å². The number of methoxy groups -OCH3 is 1. The van der Waals surface area contributed by atoms with E-state index in [1.54, 1.807) is 7.11 Å². The van der Waals surface area contributed by atoms with Crippen LogP contribution < -0.4 is 9.47 Å². The predicted octanol–water partition coefficient (Wildman–Crippen LogP) is 4.70. The van der Waals surface area contributed by atoms with Crippen LogP contribution in [0.4, 0.5) is 0 Å². The molecule has 2 aromatic rings. The van der Waals surface area contributed by atoms with Gasteiger partial charge in [0.1, 0.15) is 11.5 Å². The maximum Gasteiger partial charge on any atom is 0.122 e. The Morgan fingerprint density at radius 1 is 1.19 bits per heavy atom. The summed E-state index contributed by atoms with van der Waals surface area (Å²) in [5.41, 5.74) is 3.94. The van der Waals surface area contributed by atoms with Crippen LogP contribution in [0.1, 0.15) is 27.9 Å². The molecule has 1 unspecified atom stereocenters. The second-order valence-corrected chi connectivity index (χ2v) is 6.44. The number of ether oxygens (including phenoxy) is 2. The van der Waals surface area contributed by atoms with Crippen molar-refractivity contribution in [3.8, 4) is 11.5 Å². The van der Waals surface area contributed by atoms with Crippen LogP contribution in [-0.4, -0.2) is 13.7 Å². The minimum absolute atomic E-state index is 0.318. The van der Waals surface area contributed by atoms with Crippen LogP contribution in [0.5, 0.6) is 11.5 Å². The van der Waals surface area contributed by atoms with Gasteiger partial charge in [-0.25, -0.2) is 0 Å². The van der Waals surface area contributed by atoms with Crippen LogP contribution in [-0.2, 0) is 12.8 Å². The zero-order chi connectivity index (χ0) is 14.7. The van der Waals surface area contributed by atoms with Gasteiger partial charge in [0.05, 0.1) is 13.7 Å². The summed E-state index contributed by atoms with van der Waals surface area (Å²) >= 11 is 3.81. The first kappa shape index (κ1) is 14.5. The summed E-state index contributed by atoms with van der Waals surface area (Å²) in [6.07, 6.45) is 3.19. The van der Waals surface area contributed by atoms with Crippen molar-refractivity contribution in [3.05, 3.63) is 59.2 Å². The highest BCUT2D eigenvalue weighted by Crippen LogP contribution is 2.33. The molecule has 0 bridgehead atoms. The van der Waals surface area contributed by atoms with Gasteiger partial charge in [-0.15, -0.1) is 0 Å². The van der Waals surface area contributed by atoms with Crippen molar-refractivity contribution in [2.45, 2.75) is 24.1 Å². The summed E-state index contributed by atoms with van der Waals surface area (Å²) in [6, 6.07) is 14.8. The zero-order valence-electron chi connectivity index (χ0n) is 12.1. The zero-order valence-corrected chi connectivity index (χ0v) is 13.7. The molecule has 110 valence electrons. The Labute approximate surface area is 134 Å². The van der Waals surface area contributed by atoms with Gasteiger partial charge >= 0.3 is 0 Å². The van der Waals surface area contributed by atoms with E-state index in [4.69, 9.17) is 9.47 Å². The van der Waals surface area contributed by atoms with E-state index in [1.807, 2.05) is 12.1 Å². The first-order valence-electron chi connectivity index (χ1n) is 7.29. The number of rotatable bonds is 4. The van der Waals surface area contributed by atoms with Gasteiger partial charge in [0.25, 0.3) is 0 Å². The van der Waals surface area contributed by atoms with Gasteiger partial charge < -0.3 is 9.47 Å². The van der Waals surface area contributed by atoms with Crippen molar-refractivity contribution in [1.29, 1.82) is 0 Å². The molecule has 0 aliphatic carbocycles. The average Bonchev–Trinajstić information content (AvgIpc) is 2.55. The van der Waals surface area contributed by atoms with E-state index < -0.39 is 0 Å². The van der Waals surface area contributed by atoms with Crippen LogP contribution in [0, 0.1) is 0 Å². The highest BCUT2D eigenvalue weighted by atomic mass is 79.9. The SMILES string of the molecule is COc1ccc(CC(Br)c2ccc3c(c2)CCCO3)cc1. The fourth-order valence-electron chi connectivity index (χ4n) is 2.66. The summed E-state index contributed by atoms with van der Waals surface area (Å²) in [5.74, 6) is 1.95. The van der Waals surface area contributed by atoms with Gasteiger partial charge in [-0.1, -0.05) is 40.2 Å². The van der Waals surface area contributed by atoms with Gasteiger partial charge in [0.2, 0.25) is 0 Å². The number of fused-ring (bicyclic) bond motifs is 1. The molecule has 0 spiro atoms. The number of hydrogen-bond donors (Lipinski definition) is 0. The van der Waals surface area contributed by atoms with Crippen LogP contribution in [0.2, 0.25) is 0 Å². The van der Waals surface area contributed by atoms with E-state index in [-0.39, 0.29) is 0 Å². The highest BCUT2D eigenvalue weighted by molar-refractivity contribution is 9.09. The normalized spacial score (nSPS) is 15.0. The molecule has 1 heterocycles. The Morgan fingerprint density at radius 3 is 2.76 bits per heavy atom. The lowest BCUT2D eigenvalue weighted by Gasteiger charge is -2.19. The third kappa shape index (κ3) is 3.41. The number of alkyl halides is 1. The Morgan fingerprint density at radius 2 is 2.00 bits per heavy atom. The van der Waals surface area contributed by atoms with Crippen molar-refractivity contribution in [2.24, 2.45) is 0 Å². The maximum atomic E-state index is 5.67. The first-order chi connectivity index (χ1) is 10.3. The van der Waals surface area contributed by atoms with E-state index in [2.05, 4.69) is 46.3 Å². The van der Waals surface area contributed by atoms with E-state index in [1.165, 1.54) is 16.7 Å². The molecule has 0 radical (unpaired) electrons. The van der Waals surface area contributed by atoms with Crippen molar-refractivity contribution in [1.82, 2.24) is 0 Å². The fraction of sp³-hybridized carbons (Fsp3) is 0.333. The number of halogens is 1. The summed E-state index contributed by atoms with van der Waals surface area (Å²) in [5, 5.41) is 0. The van der Waals surface area contributed by atoms with Crippen molar-refractivity contribution >= 4 is 15.9 Å². The van der Waals surface area contributed by atoms with Crippen LogP contribution in [0.15, 0.2) is 42.5 Å². The summed E-state index contributed by atoms with van der Waals surface area (Å²) in [6.45, 7) is 0.843. The van der Waals surface area contributed by atoms with E-state index in [0.717, 1.165) is 37.4 Å². The van der Waals surface area contributed by atoms with Crippen molar-refractivity contribution < 1.29 is 9.47 Å². The molecule has 0 aromatic heterocycles. The summed E-state index contributed by atoms with van der Waals surface area (Å²) in [4.78, 5) is 0.318. The lowest BCUT2D eigenvalue weighted by atomic mass is 9.99. The number of hydrogen-bond acceptors (Lipinski definition) is 2. The molecule has 0 fully saturated rings. The number of benzene rings is 2. The Bertz CT molecular complexity index is 607. The van der Waals surface area contributed by atoms with Crippen LogP contribution >= 0.6 is 15.9 Å². The first-order valence-corrected chi connectivity index (χ1v) is 8.20. The van der Waals surface area contributed by atoms with E-state index >= 15 is 0 Å². The highest BCUT2D eigenvalue weighted by Gasteiger charge is 2.14. The topological polar surface area (TPSA) is 18.5 Å². The molecule has 0 saturated heterocycles. The molecule has 1 aliphatic heterocycles. The lowest BCUT2D eigenvalue weighted by molar-refractivity contribution is 0.288.